The molecular weight excluding hydrogens is 364 g/mol. The first-order valence-corrected chi connectivity index (χ1v) is 9.40. The molecule has 3 rings (SSSR count). The molecule has 2 N–H and O–H groups in total. The highest BCUT2D eigenvalue weighted by atomic mass is 16.5. The highest BCUT2D eigenvalue weighted by molar-refractivity contribution is 6.44. The first-order valence-electron chi connectivity index (χ1n) is 9.40. The molecule has 9 nitrogen and oxygen atoms in total. The molecule has 28 heavy (non-hydrogen) atoms. The second kappa shape index (κ2) is 7.95. The molecule has 150 valence electrons. The van der Waals surface area contributed by atoms with E-state index in [2.05, 4.69) is 4.98 Å². The Hall–Kier alpha value is -2.97. The third kappa shape index (κ3) is 3.83. The van der Waals surface area contributed by atoms with Gasteiger partial charge in [-0.15, -0.1) is 0 Å². The maximum Gasteiger partial charge on any atom is 0.334 e. The van der Waals surface area contributed by atoms with Crippen molar-refractivity contribution in [3.8, 4) is 5.88 Å². The van der Waals surface area contributed by atoms with Gasteiger partial charge >= 0.3 is 17.8 Å². The maximum absolute atomic E-state index is 12.6. The van der Waals surface area contributed by atoms with Crippen LogP contribution in [0.15, 0.2) is 18.3 Å². The van der Waals surface area contributed by atoms with E-state index in [0.717, 1.165) is 9.80 Å². The van der Waals surface area contributed by atoms with Gasteiger partial charge in [-0.05, 0) is 43.7 Å². The number of hydrogen-bond acceptors (Lipinski definition) is 6. The summed E-state index contributed by atoms with van der Waals surface area (Å²) in [5, 5.41) is 0. The molecule has 1 saturated carbocycles. The smallest absolute Gasteiger partial charge is 0.334 e. The Morgan fingerprint density at radius 2 is 1.89 bits per heavy atom. The number of nitrogens with zero attached hydrogens (tertiary/aromatic N) is 3. The summed E-state index contributed by atoms with van der Waals surface area (Å²) in [7, 11) is 0. The van der Waals surface area contributed by atoms with Crippen molar-refractivity contribution in [1.82, 2.24) is 14.8 Å². The third-order valence-electron chi connectivity index (χ3n) is 4.96. The minimum atomic E-state index is -0.754. The molecule has 5 amide bonds. The molecule has 1 saturated heterocycles. The number of ether oxygens (including phenoxy) is 1. The number of aromatic nitrogens is 1. The van der Waals surface area contributed by atoms with Gasteiger partial charge in [0.15, 0.2) is 0 Å². The van der Waals surface area contributed by atoms with Crippen LogP contribution in [-0.2, 0) is 9.59 Å². The monoisotopic (exact) mass is 388 g/mol. The standard InChI is InChI=1S/C19H24N4O5/c1-11(2)10-22-17(25)18(26)23(19(22)27)12-5-7-13(8-6-12)28-16-14(15(20)24)4-3-9-21-16/h3-4,9,11-13H,5-8,10H2,1-2H3,(H2,20,24). The van der Waals surface area contributed by atoms with Crippen molar-refractivity contribution in [1.29, 1.82) is 0 Å². The van der Waals surface area contributed by atoms with Crippen LogP contribution in [0.5, 0.6) is 5.88 Å². The van der Waals surface area contributed by atoms with Crippen molar-refractivity contribution in [2.24, 2.45) is 11.7 Å². The Morgan fingerprint density at radius 3 is 2.50 bits per heavy atom. The number of rotatable bonds is 6. The van der Waals surface area contributed by atoms with Crippen molar-refractivity contribution in [2.75, 3.05) is 6.54 Å². The molecule has 2 aliphatic rings. The molecule has 0 radical (unpaired) electrons. The molecule has 1 aliphatic heterocycles. The van der Waals surface area contributed by atoms with E-state index < -0.39 is 23.8 Å². The molecule has 0 atom stereocenters. The minimum absolute atomic E-state index is 0.0858. The van der Waals surface area contributed by atoms with Gasteiger partial charge in [0, 0.05) is 18.8 Å². The SMILES string of the molecule is CC(C)CN1C(=O)C(=O)N(C2CCC(Oc3ncccc3C(N)=O)CC2)C1=O. The minimum Gasteiger partial charge on any atom is -0.474 e. The van der Waals surface area contributed by atoms with Gasteiger partial charge in [0.05, 0.1) is 0 Å². The van der Waals surface area contributed by atoms with Crippen molar-refractivity contribution in [3.63, 3.8) is 0 Å². The van der Waals surface area contributed by atoms with Gasteiger partial charge in [-0.2, -0.15) is 0 Å². The van der Waals surface area contributed by atoms with Crippen LogP contribution >= 0.6 is 0 Å². The summed E-state index contributed by atoms with van der Waals surface area (Å²) in [6.45, 7) is 4.00. The Labute approximate surface area is 162 Å². The molecule has 1 aromatic heterocycles. The number of imide groups is 2. The second-order valence-corrected chi connectivity index (χ2v) is 7.54. The fourth-order valence-electron chi connectivity index (χ4n) is 3.62. The van der Waals surface area contributed by atoms with Crippen LogP contribution in [0.4, 0.5) is 4.79 Å². The van der Waals surface area contributed by atoms with Crippen LogP contribution in [0.2, 0.25) is 0 Å². The van der Waals surface area contributed by atoms with E-state index in [1.54, 1.807) is 12.1 Å². The highest BCUT2D eigenvalue weighted by Gasteiger charge is 2.48. The summed E-state index contributed by atoms with van der Waals surface area (Å²) in [5.74, 6) is -1.85. The zero-order valence-corrected chi connectivity index (χ0v) is 16.0. The number of primary amides is 1. The Morgan fingerprint density at radius 1 is 1.21 bits per heavy atom. The van der Waals surface area contributed by atoms with E-state index in [9.17, 15) is 19.2 Å². The molecule has 0 unspecified atom stereocenters. The van der Waals surface area contributed by atoms with Crippen molar-refractivity contribution in [2.45, 2.75) is 51.7 Å². The van der Waals surface area contributed by atoms with Gasteiger partial charge in [0.2, 0.25) is 5.88 Å². The van der Waals surface area contributed by atoms with Crippen LogP contribution < -0.4 is 10.5 Å². The lowest BCUT2D eigenvalue weighted by atomic mass is 9.92. The lowest BCUT2D eigenvalue weighted by molar-refractivity contribution is -0.144. The highest BCUT2D eigenvalue weighted by Crippen LogP contribution is 2.30. The molecule has 9 heteroatoms. The molecule has 0 bridgehead atoms. The predicted molar refractivity (Wildman–Crippen MR) is 98.2 cm³/mol. The van der Waals surface area contributed by atoms with Crippen LogP contribution in [-0.4, -0.2) is 57.2 Å². The number of carbonyl (C=O) groups is 4. The summed E-state index contributed by atoms with van der Waals surface area (Å²) in [6.07, 6.45) is 3.47. The first-order chi connectivity index (χ1) is 13.3. The Balaban J connectivity index is 1.63. The largest absolute Gasteiger partial charge is 0.474 e. The van der Waals surface area contributed by atoms with Crippen LogP contribution in [0, 0.1) is 5.92 Å². The zero-order valence-electron chi connectivity index (χ0n) is 16.0. The maximum atomic E-state index is 12.6. The lowest BCUT2D eigenvalue weighted by Crippen LogP contribution is -2.44. The topological polar surface area (TPSA) is 123 Å². The molecule has 1 aromatic rings. The number of hydrogen-bond donors (Lipinski definition) is 1. The van der Waals surface area contributed by atoms with E-state index in [4.69, 9.17) is 10.5 Å². The molecular formula is C19H24N4O5. The first kappa shape index (κ1) is 19.8. The molecule has 2 fully saturated rings. The fraction of sp³-hybridized carbons (Fsp3) is 0.526. The second-order valence-electron chi connectivity index (χ2n) is 7.54. The van der Waals surface area contributed by atoms with Gasteiger partial charge in [-0.25, -0.2) is 9.78 Å². The summed E-state index contributed by atoms with van der Waals surface area (Å²) in [6, 6.07) is 2.29. The van der Waals surface area contributed by atoms with Crippen molar-refractivity contribution >= 4 is 23.8 Å². The average Bonchev–Trinajstić information content (AvgIpc) is 2.86. The van der Waals surface area contributed by atoms with E-state index in [0.29, 0.717) is 25.7 Å². The van der Waals surface area contributed by atoms with Gasteiger partial charge in [-0.3, -0.25) is 24.2 Å². The average molecular weight is 388 g/mol. The summed E-state index contributed by atoms with van der Waals surface area (Å²) < 4.78 is 5.83. The quantitative estimate of drug-likeness (QED) is 0.579. The van der Waals surface area contributed by atoms with Crippen LogP contribution in [0.3, 0.4) is 0 Å². The molecule has 1 aliphatic carbocycles. The third-order valence-corrected chi connectivity index (χ3v) is 4.96. The van der Waals surface area contributed by atoms with Crippen LogP contribution in [0.1, 0.15) is 49.9 Å². The lowest BCUT2D eigenvalue weighted by Gasteiger charge is -2.33. The Bertz CT molecular complexity index is 801. The van der Waals surface area contributed by atoms with Crippen molar-refractivity contribution in [3.05, 3.63) is 23.9 Å². The van der Waals surface area contributed by atoms with Crippen molar-refractivity contribution < 1.29 is 23.9 Å². The number of urea groups is 1. The van der Waals surface area contributed by atoms with E-state index in [1.165, 1.54) is 6.20 Å². The van der Waals surface area contributed by atoms with Crippen LogP contribution in [0.25, 0.3) is 0 Å². The Kier molecular flexibility index (Phi) is 5.62. The fourth-order valence-corrected chi connectivity index (χ4v) is 3.62. The number of nitrogens with two attached hydrogens (primary N) is 1. The normalized spacial score (nSPS) is 22.9. The number of amides is 5. The number of carbonyl (C=O) groups excluding carboxylic acids is 4. The van der Waals surface area contributed by atoms with Gasteiger partial charge < -0.3 is 10.5 Å². The summed E-state index contributed by atoms with van der Waals surface area (Å²) in [5.41, 5.74) is 5.55. The van der Waals surface area contributed by atoms with E-state index in [1.807, 2.05) is 13.8 Å². The van der Waals surface area contributed by atoms with E-state index >= 15 is 0 Å². The molecule has 0 aromatic carbocycles. The zero-order chi connectivity index (χ0) is 20.4. The van der Waals surface area contributed by atoms with Gasteiger partial charge in [-0.1, -0.05) is 13.8 Å². The van der Waals surface area contributed by atoms with E-state index in [-0.39, 0.29) is 36.1 Å². The summed E-state index contributed by atoms with van der Waals surface area (Å²) in [4.78, 5) is 54.7. The summed E-state index contributed by atoms with van der Waals surface area (Å²) >= 11 is 0. The predicted octanol–water partition coefficient (Wildman–Crippen LogP) is 1.32. The van der Waals surface area contributed by atoms with Gasteiger partial charge in [0.25, 0.3) is 5.91 Å². The molecule has 0 spiro atoms. The van der Waals surface area contributed by atoms with Gasteiger partial charge in [0.1, 0.15) is 11.7 Å². The molecule has 2 heterocycles. The number of pyridine rings is 1.